The fourth-order valence-electron chi connectivity index (χ4n) is 2.06. The van der Waals surface area contributed by atoms with Gasteiger partial charge in [-0.2, -0.15) is 5.26 Å². The Hall–Kier alpha value is -1.33. The van der Waals surface area contributed by atoms with E-state index in [0.717, 1.165) is 5.56 Å². The van der Waals surface area contributed by atoms with E-state index in [4.69, 9.17) is 4.74 Å². The average molecular weight is 201 g/mol. The Kier molecular flexibility index (Phi) is 2.28. The molecule has 0 spiro atoms. The molecule has 0 bridgehead atoms. The Bertz CT molecular complexity index is 439. The minimum Gasteiger partial charge on any atom is -0.377 e. The van der Waals surface area contributed by atoms with Crippen molar-refractivity contribution >= 4 is 0 Å². The lowest BCUT2D eigenvalue weighted by atomic mass is 9.77. The molecule has 2 heteroatoms. The highest BCUT2D eigenvalue weighted by atomic mass is 16.5. The summed E-state index contributed by atoms with van der Waals surface area (Å²) in [6, 6.07) is 6.68. The Morgan fingerprint density at radius 1 is 1.13 bits per heavy atom. The molecule has 0 N–H and O–H groups in total. The highest BCUT2D eigenvalue weighted by molar-refractivity contribution is 5.45. The van der Waals surface area contributed by atoms with E-state index in [1.807, 2.05) is 0 Å². The summed E-state index contributed by atoms with van der Waals surface area (Å²) in [5.74, 6) is 0. The van der Waals surface area contributed by atoms with Crippen LogP contribution in [0.4, 0.5) is 0 Å². The van der Waals surface area contributed by atoms with E-state index in [1.165, 1.54) is 16.7 Å². The number of rotatable bonds is 1. The second kappa shape index (κ2) is 3.36. The third-order valence-electron chi connectivity index (χ3n) is 3.27. The Morgan fingerprint density at radius 3 is 2.20 bits per heavy atom. The van der Waals surface area contributed by atoms with Crippen molar-refractivity contribution in [1.82, 2.24) is 0 Å². The van der Waals surface area contributed by atoms with Gasteiger partial charge in [-0.05, 0) is 43.0 Å². The zero-order valence-electron chi connectivity index (χ0n) is 9.42. The van der Waals surface area contributed by atoms with Crippen molar-refractivity contribution in [1.29, 1.82) is 5.26 Å². The molecule has 0 atom stereocenters. The summed E-state index contributed by atoms with van der Waals surface area (Å²) in [4.78, 5) is 0. The maximum atomic E-state index is 9.24. The molecule has 15 heavy (non-hydrogen) atoms. The highest BCUT2D eigenvalue weighted by Gasteiger charge is 2.41. The summed E-state index contributed by atoms with van der Waals surface area (Å²) < 4.78 is 5.19. The first kappa shape index (κ1) is 10.2. The second-order valence-corrected chi connectivity index (χ2v) is 4.44. The van der Waals surface area contributed by atoms with Crippen LogP contribution in [0.25, 0.3) is 0 Å². The molecule has 1 aromatic carbocycles. The van der Waals surface area contributed by atoms with Gasteiger partial charge in [-0.3, -0.25) is 0 Å². The van der Waals surface area contributed by atoms with E-state index in [1.54, 1.807) is 0 Å². The number of nitriles is 1. The molecular weight excluding hydrogens is 186 g/mol. The molecule has 1 saturated heterocycles. The highest BCUT2D eigenvalue weighted by Crippen LogP contribution is 2.34. The van der Waals surface area contributed by atoms with Crippen LogP contribution < -0.4 is 0 Å². The minimum absolute atomic E-state index is 0.386. The number of benzene rings is 1. The third-order valence-corrected chi connectivity index (χ3v) is 3.27. The van der Waals surface area contributed by atoms with Gasteiger partial charge < -0.3 is 4.74 Å². The maximum absolute atomic E-state index is 9.24. The normalized spacial score (nSPS) is 18.0. The van der Waals surface area contributed by atoms with Gasteiger partial charge in [-0.1, -0.05) is 12.1 Å². The largest absolute Gasteiger partial charge is 0.377 e. The van der Waals surface area contributed by atoms with Gasteiger partial charge in [0.2, 0.25) is 0 Å². The van der Waals surface area contributed by atoms with E-state index in [-0.39, 0.29) is 5.41 Å². The van der Waals surface area contributed by atoms with E-state index in [9.17, 15) is 5.26 Å². The third kappa shape index (κ3) is 1.44. The van der Waals surface area contributed by atoms with E-state index < -0.39 is 0 Å². The molecule has 1 aromatic rings. The zero-order valence-corrected chi connectivity index (χ0v) is 9.42. The van der Waals surface area contributed by atoms with Crippen molar-refractivity contribution in [2.75, 3.05) is 13.2 Å². The Balaban J connectivity index is 2.54. The summed E-state index contributed by atoms with van der Waals surface area (Å²) >= 11 is 0. The van der Waals surface area contributed by atoms with Gasteiger partial charge in [-0.15, -0.1) is 0 Å². The van der Waals surface area contributed by atoms with E-state index in [2.05, 4.69) is 39.0 Å². The minimum atomic E-state index is -0.386. The second-order valence-electron chi connectivity index (χ2n) is 4.44. The molecule has 1 heterocycles. The Labute approximate surface area is 90.5 Å². The summed E-state index contributed by atoms with van der Waals surface area (Å²) in [5, 5.41) is 9.24. The van der Waals surface area contributed by atoms with Crippen LogP contribution in [0.5, 0.6) is 0 Å². The molecule has 0 aliphatic carbocycles. The lowest BCUT2D eigenvalue weighted by Crippen LogP contribution is -2.46. The van der Waals surface area contributed by atoms with Crippen molar-refractivity contribution in [3.8, 4) is 6.07 Å². The quantitative estimate of drug-likeness (QED) is 0.699. The summed E-state index contributed by atoms with van der Waals surface area (Å²) in [6.07, 6.45) is 0. The molecule has 1 aliphatic heterocycles. The van der Waals surface area contributed by atoms with Gasteiger partial charge in [-0.25, -0.2) is 0 Å². The van der Waals surface area contributed by atoms with E-state index in [0.29, 0.717) is 13.2 Å². The summed E-state index contributed by atoms with van der Waals surface area (Å²) in [5.41, 5.74) is 4.48. The number of aryl methyl sites for hydroxylation is 3. The summed E-state index contributed by atoms with van der Waals surface area (Å²) in [6.45, 7) is 7.32. The van der Waals surface area contributed by atoms with Gasteiger partial charge in [0, 0.05) is 0 Å². The predicted molar refractivity (Wildman–Crippen MR) is 58.8 cm³/mol. The number of ether oxygens (including phenoxy) is 1. The SMILES string of the molecule is Cc1cc(C)c(C2(C#N)COC2)cc1C. The van der Waals surface area contributed by atoms with Crippen molar-refractivity contribution in [2.45, 2.75) is 26.2 Å². The Morgan fingerprint density at radius 2 is 1.73 bits per heavy atom. The standard InChI is InChI=1S/C13H15NO/c1-9-4-11(3)12(5-10(9)2)13(6-14)7-15-8-13/h4-5H,7-8H2,1-3H3. The first-order valence-corrected chi connectivity index (χ1v) is 5.16. The molecule has 0 unspecified atom stereocenters. The van der Waals surface area contributed by atoms with Gasteiger partial charge >= 0.3 is 0 Å². The first-order chi connectivity index (χ1) is 7.09. The molecule has 0 aromatic heterocycles. The fourth-order valence-corrected chi connectivity index (χ4v) is 2.06. The lowest BCUT2D eigenvalue weighted by molar-refractivity contribution is -0.0301. The van der Waals surface area contributed by atoms with Crippen LogP contribution in [-0.4, -0.2) is 13.2 Å². The fraction of sp³-hybridized carbons (Fsp3) is 0.462. The van der Waals surface area contributed by atoms with Crippen LogP contribution >= 0.6 is 0 Å². The lowest BCUT2D eigenvalue weighted by Gasteiger charge is -2.36. The molecule has 78 valence electrons. The molecular formula is C13H15NO. The van der Waals surface area contributed by atoms with Crippen molar-refractivity contribution in [3.63, 3.8) is 0 Å². The van der Waals surface area contributed by atoms with Crippen LogP contribution in [0.2, 0.25) is 0 Å². The molecule has 0 radical (unpaired) electrons. The number of nitrogens with zero attached hydrogens (tertiary/aromatic N) is 1. The van der Waals surface area contributed by atoms with Gasteiger partial charge in [0.05, 0.1) is 19.3 Å². The summed E-state index contributed by atoms with van der Waals surface area (Å²) in [7, 11) is 0. The monoisotopic (exact) mass is 201 g/mol. The molecule has 2 nitrogen and oxygen atoms in total. The van der Waals surface area contributed by atoms with Crippen molar-refractivity contribution in [2.24, 2.45) is 0 Å². The molecule has 1 aliphatic rings. The maximum Gasteiger partial charge on any atom is 0.129 e. The molecule has 2 rings (SSSR count). The number of hydrogen-bond acceptors (Lipinski definition) is 2. The van der Waals surface area contributed by atoms with Crippen LogP contribution in [0.15, 0.2) is 12.1 Å². The van der Waals surface area contributed by atoms with Crippen LogP contribution in [0.1, 0.15) is 22.3 Å². The van der Waals surface area contributed by atoms with E-state index >= 15 is 0 Å². The van der Waals surface area contributed by atoms with Crippen molar-refractivity contribution in [3.05, 3.63) is 34.4 Å². The van der Waals surface area contributed by atoms with Gasteiger partial charge in [0.15, 0.2) is 0 Å². The van der Waals surface area contributed by atoms with Crippen LogP contribution in [-0.2, 0) is 10.2 Å². The van der Waals surface area contributed by atoms with Crippen LogP contribution in [0.3, 0.4) is 0 Å². The van der Waals surface area contributed by atoms with Gasteiger partial charge in [0.1, 0.15) is 5.41 Å². The van der Waals surface area contributed by atoms with Crippen molar-refractivity contribution < 1.29 is 4.74 Å². The topological polar surface area (TPSA) is 33.0 Å². The molecule has 1 fully saturated rings. The average Bonchev–Trinajstić information content (AvgIpc) is 2.12. The zero-order chi connectivity index (χ0) is 11.1. The smallest absolute Gasteiger partial charge is 0.129 e. The molecule has 0 saturated carbocycles. The van der Waals surface area contributed by atoms with Crippen LogP contribution in [0, 0.1) is 32.1 Å². The molecule has 0 amide bonds. The first-order valence-electron chi connectivity index (χ1n) is 5.16. The predicted octanol–water partition coefficient (Wildman–Crippen LogP) is 2.40. The number of hydrogen-bond donors (Lipinski definition) is 0. The van der Waals surface area contributed by atoms with Gasteiger partial charge in [0.25, 0.3) is 0 Å².